The lowest BCUT2D eigenvalue weighted by molar-refractivity contribution is 0.0182. The maximum Gasteiger partial charge on any atom is 0.261 e. The number of nitrogen functional groups attached to an aromatic ring is 1. The number of nitrogens with zero attached hydrogens (tertiary/aromatic N) is 2. The molecule has 1 heterocycles. The molecule has 1 aromatic heterocycles. The molecule has 0 spiro atoms. The average molecular weight is 304 g/mol. The molecule has 1 aromatic carbocycles. The maximum absolute atomic E-state index is 11.9. The van der Waals surface area contributed by atoms with Crippen LogP contribution in [0.5, 0.6) is 0 Å². The van der Waals surface area contributed by atoms with Crippen LogP contribution in [0.2, 0.25) is 5.02 Å². The molecule has 0 fully saturated rings. The summed E-state index contributed by atoms with van der Waals surface area (Å²) in [6, 6.07) is 5.06. The molecule has 8 heteroatoms. The molecular weight excluding hydrogens is 292 g/mol. The van der Waals surface area contributed by atoms with Crippen molar-refractivity contribution in [3.05, 3.63) is 29.0 Å². The van der Waals surface area contributed by atoms with Gasteiger partial charge in [0.05, 0.1) is 22.9 Å². The SMILES string of the molecule is Nc1c(Cl)cccc1-c1nc(CCOCC(F)F)no1. The molecule has 20 heavy (non-hydrogen) atoms. The molecular formula is C12H12ClF2N3O2. The van der Waals surface area contributed by atoms with Gasteiger partial charge in [-0.25, -0.2) is 8.78 Å². The summed E-state index contributed by atoms with van der Waals surface area (Å²) < 4.78 is 33.5. The van der Waals surface area contributed by atoms with Gasteiger partial charge in [0.25, 0.3) is 12.3 Å². The molecule has 2 aromatic rings. The normalized spacial score (nSPS) is 11.2. The Labute approximate surface area is 118 Å². The zero-order chi connectivity index (χ0) is 14.5. The van der Waals surface area contributed by atoms with Gasteiger partial charge < -0.3 is 15.0 Å². The number of hydrogen-bond acceptors (Lipinski definition) is 5. The molecule has 0 amide bonds. The molecule has 0 aliphatic carbocycles. The second-order valence-electron chi connectivity index (χ2n) is 3.93. The molecule has 0 saturated carbocycles. The predicted octanol–water partition coefficient (Wildman–Crippen LogP) is 2.80. The maximum atomic E-state index is 11.9. The van der Waals surface area contributed by atoms with E-state index >= 15 is 0 Å². The van der Waals surface area contributed by atoms with Gasteiger partial charge >= 0.3 is 0 Å². The summed E-state index contributed by atoms with van der Waals surface area (Å²) in [6.45, 7) is -0.514. The fourth-order valence-electron chi connectivity index (χ4n) is 1.52. The van der Waals surface area contributed by atoms with E-state index in [-0.39, 0.29) is 18.9 Å². The van der Waals surface area contributed by atoms with Gasteiger partial charge in [-0.05, 0) is 12.1 Å². The third kappa shape index (κ3) is 3.64. The van der Waals surface area contributed by atoms with E-state index in [4.69, 9.17) is 26.6 Å². The molecule has 0 unspecified atom stereocenters. The minimum atomic E-state index is -2.48. The highest BCUT2D eigenvalue weighted by molar-refractivity contribution is 6.33. The topological polar surface area (TPSA) is 74.2 Å². The van der Waals surface area contributed by atoms with Gasteiger partial charge in [0.1, 0.15) is 6.61 Å². The molecule has 0 aliphatic heterocycles. The van der Waals surface area contributed by atoms with E-state index in [0.717, 1.165) is 0 Å². The Balaban J connectivity index is 2.00. The molecule has 0 saturated heterocycles. The second-order valence-corrected chi connectivity index (χ2v) is 4.34. The predicted molar refractivity (Wildman–Crippen MR) is 69.7 cm³/mol. The van der Waals surface area contributed by atoms with Crippen LogP contribution in [0.1, 0.15) is 5.82 Å². The van der Waals surface area contributed by atoms with Gasteiger partial charge in [0.15, 0.2) is 5.82 Å². The number of benzene rings is 1. The first kappa shape index (κ1) is 14.7. The summed E-state index contributed by atoms with van der Waals surface area (Å²) in [6.07, 6.45) is -2.21. The van der Waals surface area contributed by atoms with Crippen LogP contribution >= 0.6 is 11.6 Å². The number of para-hydroxylation sites is 1. The standard InChI is InChI=1S/C12H12ClF2N3O2/c13-8-3-1-2-7(11(8)16)12-17-10(18-20-12)4-5-19-6-9(14)15/h1-3,9H,4-6,16H2. The van der Waals surface area contributed by atoms with Crippen molar-refractivity contribution in [1.82, 2.24) is 10.1 Å². The average Bonchev–Trinajstić information content (AvgIpc) is 2.86. The minimum Gasteiger partial charge on any atom is -0.397 e. The van der Waals surface area contributed by atoms with Crippen molar-refractivity contribution < 1.29 is 18.0 Å². The molecule has 5 nitrogen and oxygen atoms in total. The molecule has 0 atom stereocenters. The zero-order valence-electron chi connectivity index (χ0n) is 10.4. The minimum absolute atomic E-state index is 0.0916. The third-order valence-corrected chi connectivity index (χ3v) is 2.79. The van der Waals surface area contributed by atoms with E-state index in [1.165, 1.54) is 0 Å². The van der Waals surface area contributed by atoms with Crippen molar-refractivity contribution in [3.63, 3.8) is 0 Å². The molecule has 2 N–H and O–H groups in total. The molecule has 108 valence electrons. The Bertz CT molecular complexity index is 578. The van der Waals surface area contributed by atoms with Crippen molar-refractivity contribution in [1.29, 1.82) is 0 Å². The van der Waals surface area contributed by atoms with Crippen molar-refractivity contribution in [2.75, 3.05) is 18.9 Å². The number of anilines is 1. The van der Waals surface area contributed by atoms with E-state index in [2.05, 4.69) is 10.1 Å². The van der Waals surface area contributed by atoms with Crippen molar-refractivity contribution >= 4 is 17.3 Å². The van der Waals surface area contributed by atoms with E-state index < -0.39 is 13.0 Å². The Morgan fingerprint density at radius 1 is 1.40 bits per heavy atom. The summed E-state index contributed by atoms with van der Waals surface area (Å²) >= 11 is 5.90. The Morgan fingerprint density at radius 3 is 2.95 bits per heavy atom. The first-order valence-electron chi connectivity index (χ1n) is 5.80. The third-order valence-electron chi connectivity index (χ3n) is 2.47. The van der Waals surface area contributed by atoms with Crippen LogP contribution in [0, 0.1) is 0 Å². The van der Waals surface area contributed by atoms with Gasteiger partial charge in [0, 0.05) is 6.42 Å². The molecule has 0 bridgehead atoms. The Morgan fingerprint density at radius 2 is 2.20 bits per heavy atom. The summed E-state index contributed by atoms with van der Waals surface area (Å²) in [7, 11) is 0. The highest BCUT2D eigenvalue weighted by Gasteiger charge is 2.13. The van der Waals surface area contributed by atoms with E-state index in [0.29, 0.717) is 22.1 Å². The van der Waals surface area contributed by atoms with Crippen molar-refractivity contribution in [3.8, 4) is 11.5 Å². The highest BCUT2D eigenvalue weighted by atomic mass is 35.5. The summed E-state index contributed by atoms with van der Waals surface area (Å²) in [4.78, 5) is 4.12. The highest BCUT2D eigenvalue weighted by Crippen LogP contribution is 2.30. The van der Waals surface area contributed by atoms with Crippen LogP contribution in [0.15, 0.2) is 22.7 Å². The number of ether oxygens (including phenoxy) is 1. The Kier molecular flexibility index (Phi) is 4.86. The van der Waals surface area contributed by atoms with Crippen molar-refractivity contribution in [2.24, 2.45) is 0 Å². The monoisotopic (exact) mass is 303 g/mol. The summed E-state index contributed by atoms with van der Waals surface area (Å²) in [5.74, 6) is 0.586. The summed E-state index contributed by atoms with van der Waals surface area (Å²) in [5, 5.41) is 4.12. The lowest BCUT2D eigenvalue weighted by Crippen LogP contribution is -2.07. The van der Waals surface area contributed by atoms with Gasteiger partial charge in [0.2, 0.25) is 0 Å². The van der Waals surface area contributed by atoms with Crippen LogP contribution in [-0.4, -0.2) is 29.8 Å². The zero-order valence-corrected chi connectivity index (χ0v) is 11.1. The number of rotatable bonds is 6. The molecule has 2 rings (SSSR count). The van der Waals surface area contributed by atoms with Crippen LogP contribution < -0.4 is 5.73 Å². The van der Waals surface area contributed by atoms with Gasteiger partial charge in [-0.2, -0.15) is 4.98 Å². The van der Waals surface area contributed by atoms with E-state index in [1.54, 1.807) is 18.2 Å². The van der Waals surface area contributed by atoms with Gasteiger partial charge in [-0.3, -0.25) is 0 Å². The van der Waals surface area contributed by atoms with E-state index in [9.17, 15) is 8.78 Å². The second kappa shape index (κ2) is 6.62. The van der Waals surface area contributed by atoms with Crippen LogP contribution in [0.4, 0.5) is 14.5 Å². The van der Waals surface area contributed by atoms with Gasteiger partial charge in [-0.1, -0.05) is 22.8 Å². The smallest absolute Gasteiger partial charge is 0.261 e. The number of halogens is 3. The van der Waals surface area contributed by atoms with Crippen molar-refractivity contribution in [2.45, 2.75) is 12.8 Å². The summed E-state index contributed by atoms with van der Waals surface area (Å²) in [5.41, 5.74) is 6.69. The van der Waals surface area contributed by atoms with Crippen LogP contribution in [0.3, 0.4) is 0 Å². The Hall–Kier alpha value is -1.73. The fraction of sp³-hybridized carbons (Fsp3) is 0.333. The molecule has 0 radical (unpaired) electrons. The number of hydrogen-bond donors (Lipinski definition) is 1. The van der Waals surface area contributed by atoms with Crippen LogP contribution in [0.25, 0.3) is 11.5 Å². The number of alkyl halides is 2. The first-order chi connectivity index (χ1) is 9.58. The van der Waals surface area contributed by atoms with Crippen LogP contribution in [-0.2, 0) is 11.2 Å². The fourth-order valence-corrected chi connectivity index (χ4v) is 1.70. The molecule has 0 aliphatic rings. The lowest BCUT2D eigenvalue weighted by Gasteiger charge is -2.01. The number of aromatic nitrogens is 2. The quantitative estimate of drug-likeness (QED) is 0.656. The van der Waals surface area contributed by atoms with E-state index in [1.807, 2.05) is 0 Å². The number of nitrogens with two attached hydrogens (primary N) is 1. The largest absolute Gasteiger partial charge is 0.397 e. The first-order valence-corrected chi connectivity index (χ1v) is 6.18. The lowest BCUT2D eigenvalue weighted by atomic mass is 10.2. The van der Waals surface area contributed by atoms with Gasteiger partial charge in [-0.15, -0.1) is 0 Å².